The first-order valence-corrected chi connectivity index (χ1v) is 9.16. The van der Waals surface area contributed by atoms with Crippen molar-refractivity contribution in [3.05, 3.63) is 102 Å². The molecule has 2 aromatic carbocycles. The largest absolute Gasteiger partial charge is 0.493 e. The SMILES string of the molecule is O=C(NC(Cc1ccccc1)c1ccccc1)c1cnc(-n2cccn2)nc1O. The molecule has 7 heteroatoms. The van der Waals surface area contributed by atoms with Crippen molar-refractivity contribution in [2.24, 2.45) is 0 Å². The van der Waals surface area contributed by atoms with Gasteiger partial charge in [-0.1, -0.05) is 60.7 Å². The molecule has 0 saturated heterocycles. The van der Waals surface area contributed by atoms with E-state index in [1.54, 1.807) is 18.5 Å². The lowest BCUT2D eigenvalue weighted by Gasteiger charge is -2.20. The summed E-state index contributed by atoms with van der Waals surface area (Å²) in [4.78, 5) is 21.0. The molecule has 144 valence electrons. The van der Waals surface area contributed by atoms with Crippen LogP contribution in [0.3, 0.4) is 0 Å². The summed E-state index contributed by atoms with van der Waals surface area (Å²) in [7, 11) is 0. The summed E-state index contributed by atoms with van der Waals surface area (Å²) in [5.41, 5.74) is 2.07. The van der Waals surface area contributed by atoms with Crippen LogP contribution in [0.4, 0.5) is 0 Å². The Morgan fingerprint density at radius 2 is 1.76 bits per heavy atom. The van der Waals surface area contributed by atoms with Crippen LogP contribution in [-0.4, -0.2) is 30.8 Å². The molecule has 2 N–H and O–H groups in total. The minimum atomic E-state index is -0.445. The first-order chi connectivity index (χ1) is 14.2. The zero-order valence-corrected chi connectivity index (χ0v) is 15.5. The van der Waals surface area contributed by atoms with E-state index in [2.05, 4.69) is 20.4 Å². The first kappa shape index (κ1) is 18.4. The molecule has 7 nitrogen and oxygen atoms in total. The number of nitrogens with one attached hydrogen (secondary N) is 1. The molecule has 1 amide bonds. The summed E-state index contributed by atoms with van der Waals surface area (Å²) in [5, 5.41) is 17.3. The summed E-state index contributed by atoms with van der Waals surface area (Å²) < 4.78 is 1.41. The number of hydrogen-bond donors (Lipinski definition) is 2. The smallest absolute Gasteiger partial charge is 0.258 e. The summed E-state index contributed by atoms with van der Waals surface area (Å²) in [6, 6.07) is 21.1. The van der Waals surface area contributed by atoms with Crippen molar-refractivity contribution >= 4 is 5.91 Å². The van der Waals surface area contributed by atoms with Crippen LogP contribution < -0.4 is 5.32 Å². The van der Waals surface area contributed by atoms with Crippen molar-refractivity contribution < 1.29 is 9.90 Å². The number of rotatable bonds is 6. The minimum absolute atomic E-state index is 0.00917. The fraction of sp³-hybridized carbons (Fsp3) is 0.0909. The van der Waals surface area contributed by atoms with E-state index in [1.165, 1.54) is 10.9 Å². The third kappa shape index (κ3) is 4.30. The van der Waals surface area contributed by atoms with E-state index in [0.29, 0.717) is 6.42 Å². The fourth-order valence-electron chi connectivity index (χ4n) is 3.04. The van der Waals surface area contributed by atoms with Gasteiger partial charge < -0.3 is 10.4 Å². The van der Waals surface area contributed by atoms with E-state index in [0.717, 1.165) is 11.1 Å². The van der Waals surface area contributed by atoms with Gasteiger partial charge in [0.2, 0.25) is 5.88 Å². The maximum absolute atomic E-state index is 12.9. The van der Waals surface area contributed by atoms with Crippen LogP contribution in [0, 0.1) is 0 Å². The summed E-state index contributed by atoms with van der Waals surface area (Å²) in [6.07, 6.45) is 5.15. The zero-order chi connectivity index (χ0) is 20.1. The van der Waals surface area contributed by atoms with E-state index in [1.807, 2.05) is 60.7 Å². The lowest BCUT2D eigenvalue weighted by Crippen LogP contribution is -2.30. The Balaban J connectivity index is 1.58. The predicted molar refractivity (Wildman–Crippen MR) is 108 cm³/mol. The van der Waals surface area contributed by atoms with Gasteiger partial charge in [0.25, 0.3) is 11.9 Å². The molecular formula is C22H19N5O2. The van der Waals surface area contributed by atoms with E-state index in [4.69, 9.17) is 0 Å². The monoisotopic (exact) mass is 385 g/mol. The van der Waals surface area contributed by atoms with Gasteiger partial charge in [-0.25, -0.2) is 9.67 Å². The highest BCUT2D eigenvalue weighted by Gasteiger charge is 2.20. The molecule has 2 aromatic heterocycles. The zero-order valence-electron chi connectivity index (χ0n) is 15.5. The summed E-state index contributed by atoms with van der Waals surface area (Å²) >= 11 is 0. The molecular weight excluding hydrogens is 366 g/mol. The average Bonchev–Trinajstić information content (AvgIpc) is 3.29. The third-order valence-electron chi connectivity index (χ3n) is 4.50. The fourth-order valence-corrected chi connectivity index (χ4v) is 3.04. The van der Waals surface area contributed by atoms with Gasteiger partial charge in [0.1, 0.15) is 5.56 Å². The molecule has 0 aliphatic heterocycles. The van der Waals surface area contributed by atoms with Crippen LogP contribution in [0.15, 0.2) is 85.3 Å². The number of carbonyl (C=O) groups excluding carboxylic acids is 1. The Bertz CT molecular complexity index is 1080. The molecule has 1 unspecified atom stereocenters. The molecule has 29 heavy (non-hydrogen) atoms. The number of hydrogen-bond acceptors (Lipinski definition) is 5. The van der Waals surface area contributed by atoms with Gasteiger partial charge >= 0.3 is 0 Å². The number of carbonyl (C=O) groups is 1. The van der Waals surface area contributed by atoms with E-state index in [-0.39, 0.29) is 17.6 Å². The number of benzene rings is 2. The molecule has 2 heterocycles. The van der Waals surface area contributed by atoms with Gasteiger partial charge in [-0.3, -0.25) is 4.79 Å². The lowest BCUT2D eigenvalue weighted by molar-refractivity contribution is 0.0932. The van der Waals surface area contributed by atoms with Crippen LogP contribution in [-0.2, 0) is 6.42 Å². The van der Waals surface area contributed by atoms with Gasteiger partial charge in [-0.05, 0) is 23.6 Å². The van der Waals surface area contributed by atoms with Gasteiger partial charge in [0, 0.05) is 18.6 Å². The topological polar surface area (TPSA) is 92.9 Å². The van der Waals surface area contributed by atoms with Crippen LogP contribution >= 0.6 is 0 Å². The van der Waals surface area contributed by atoms with Crippen molar-refractivity contribution in [2.75, 3.05) is 0 Å². The van der Waals surface area contributed by atoms with Gasteiger partial charge in [0.05, 0.1) is 6.04 Å². The number of nitrogens with zero attached hydrogens (tertiary/aromatic N) is 4. The van der Waals surface area contributed by atoms with Gasteiger partial charge in [-0.15, -0.1) is 0 Å². The molecule has 4 aromatic rings. The van der Waals surface area contributed by atoms with Crippen molar-refractivity contribution in [3.63, 3.8) is 0 Å². The van der Waals surface area contributed by atoms with Gasteiger partial charge in [-0.2, -0.15) is 10.1 Å². The molecule has 0 radical (unpaired) electrons. The Labute approximate surface area is 167 Å². The maximum Gasteiger partial charge on any atom is 0.258 e. The number of aromatic nitrogens is 4. The quantitative estimate of drug-likeness (QED) is 0.532. The standard InChI is InChI=1S/C22H19N5O2/c28-20(18-15-23-22(26-21(18)29)27-13-7-12-24-27)25-19(17-10-5-2-6-11-17)14-16-8-3-1-4-9-16/h1-13,15,19H,14H2,(H,25,28)(H,23,26,29). The molecule has 0 saturated carbocycles. The highest BCUT2D eigenvalue weighted by Crippen LogP contribution is 2.21. The van der Waals surface area contributed by atoms with Crippen molar-refractivity contribution in [3.8, 4) is 11.8 Å². The predicted octanol–water partition coefficient (Wildman–Crippen LogP) is 3.08. The summed E-state index contributed by atoms with van der Waals surface area (Å²) in [6.45, 7) is 0. The summed E-state index contributed by atoms with van der Waals surface area (Å²) in [5.74, 6) is -0.651. The van der Waals surface area contributed by atoms with Crippen LogP contribution in [0.2, 0.25) is 0 Å². The maximum atomic E-state index is 12.9. The second-order valence-corrected chi connectivity index (χ2v) is 6.48. The van der Waals surface area contributed by atoms with Crippen molar-refractivity contribution in [2.45, 2.75) is 12.5 Å². The molecule has 0 spiro atoms. The van der Waals surface area contributed by atoms with E-state index < -0.39 is 11.8 Å². The highest BCUT2D eigenvalue weighted by atomic mass is 16.3. The van der Waals surface area contributed by atoms with Crippen LogP contribution in [0.5, 0.6) is 5.88 Å². The van der Waals surface area contributed by atoms with Gasteiger partial charge in [0.15, 0.2) is 0 Å². The Hall–Kier alpha value is -4.00. The molecule has 4 rings (SSSR count). The van der Waals surface area contributed by atoms with E-state index >= 15 is 0 Å². The molecule has 1 atom stereocenters. The third-order valence-corrected chi connectivity index (χ3v) is 4.50. The van der Waals surface area contributed by atoms with Crippen LogP contribution in [0.1, 0.15) is 27.5 Å². The lowest BCUT2D eigenvalue weighted by atomic mass is 9.98. The number of aromatic hydroxyl groups is 1. The highest BCUT2D eigenvalue weighted by molar-refractivity contribution is 5.96. The molecule has 0 aliphatic carbocycles. The number of amides is 1. The Kier molecular flexibility index (Phi) is 5.29. The second kappa shape index (κ2) is 8.35. The average molecular weight is 385 g/mol. The van der Waals surface area contributed by atoms with Crippen molar-refractivity contribution in [1.82, 2.24) is 25.1 Å². The normalized spacial score (nSPS) is 11.7. The molecule has 0 fully saturated rings. The minimum Gasteiger partial charge on any atom is -0.493 e. The Morgan fingerprint density at radius 1 is 1.03 bits per heavy atom. The van der Waals surface area contributed by atoms with Crippen molar-refractivity contribution in [1.29, 1.82) is 0 Å². The van der Waals surface area contributed by atoms with E-state index in [9.17, 15) is 9.90 Å². The molecule has 0 bridgehead atoms. The Morgan fingerprint density at radius 3 is 2.41 bits per heavy atom. The van der Waals surface area contributed by atoms with Crippen LogP contribution in [0.25, 0.3) is 5.95 Å². The molecule has 0 aliphatic rings. The second-order valence-electron chi connectivity index (χ2n) is 6.48. The first-order valence-electron chi connectivity index (χ1n) is 9.16.